The molecule has 6 N–H and O–H groups in total. The fourth-order valence-electron chi connectivity index (χ4n) is 2.64. The first-order valence-electron chi connectivity index (χ1n) is 10.2. The van der Waals surface area contributed by atoms with Crippen LogP contribution in [0.2, 0.25) is 0 Å². The number of thiazole rings is 1. The highest BCUT2D eigenvalue weighted by Crippen LogP contribution is 2.26. The number of guanidine groups is 1. The molecule has 0 fully saturated rings. The first-order valence-corrected chi connectivity index (χ1v) is 11.1. The Bertz CT molecular complexity index is 1180. The molecule has 0 saturated heterocycles. The molecule has 13 heteroatoms. The number of carbonyl (C=O) groups excluding carboxylic acids is 1. The van der Waals surface area contributed by atoms with Gasteiger partial charge in [0.2, 0.25) is 0 Å². The number of carboxylic acids is 2. The summed E-state index contributed by atoms with van der Waals surface area (Å²) in [6, 6.07) is 11.2. The quantitative estimate of drug-likeness (QED) is 0.173. The number of anilines is 1. The van der Waals surface area contributed by atoms with Crippen LogP contribution in [0, 0.1) is 0 Å². The molecule has 35 heavy (non-hydrogen) atoms. The summed E-state index contributed by atoms with van der Waals surface area (Å²) >= 11 is 1.37. The lowest BCUT2D eigenvalue weighted by Crippen LogP contribution is -2.23. The maximum atomic E-state index is 11.8. The summed E-state index contributed by atoms with van der Waals surface area (Å²) < 4.78 is 10.9. The largest absolute Gasteiger partial charge is 0.496 e. The average Bonchev–Trinajstić information content (AvgIpc) is 3.50. The van der Waals surface area contributed by atoms with Crippen molar-refractivity contribution in [3.05, 3.63) is 53.1 Å². The van der Waals surface area contributed by atoms with Crippen LogP contribution in [0.5, 0.6) is 5.75 Å². The van der Waals surface area contributed by atoms with Crippen LogP contribution in [0.1, 0.15) is 23.0 Å². The van der Waals surface area contributed by atoms with E-state index in [9.17, 15) is 4.79 Å². The molecule has 186 valence electrons. The summed E-state index contributed by atoms with van der Waals surface area (Å²) in [5.41, 5.74) is 7.66. The van der Waals surface area contributed by atoms with Crippen LogP contribution >= 0.6 is 11.3 Å². The van der Waals surface area contributed by atoms with E-state index in [4.69, 9.17) is 34.7 Å². The summed E-state index contributed by atoms with van der Waals surface area (Å²) in [4.78, 5) is 38.8. The molecule has 0 aliphatic heterocycles. The highest BCUT2D eigenvalue weighted by molar-refractivity contribution is 7.14. The average molecular weight is 504 g/mol. The lowest BCUT2D eigenvalue weighted by atomic mass is 10.1. The summed E-state index contributed by atoms with van der Waals surface area (Å²) in [7, 11) is 1.65. The summed E-state index contributed by atoms with van der Waals surface area (Å²) in [5, 5.41) is 22.9. The van der Waals surface area contributed by atoms with Crippen molar-refractivity contribution >= 4 is 40.3 Å². The number of ether oxygens (including phenoxy) is 1. The number of nitrogens with one attached hydrogen (secondary N) is 2. The molecule has 1 aromatic carbocycles. The van der Waals surface area contributed by atoms with Crippen molar-refractivity contribution in [2.24, 2.45) is 10.7 Å². The van der Waals surface area contributed by atoms with Gasteiger partial charge in [0.1, 0.15) is 11.4 Å². The Balaban J connectivity index is 0.000000641. The second-order valence-electron chi connectivity index (χ2n) is 6.63. The molecular formula is C22H25N5O7S. The number of aliphatic carboxylic acids is 2. The monoisotopic (exact) mass is 503 g/mol. The van der Waals surface area contributed by atoms with Gasteiger partial charge in [-0.05, 0) is 37.1 Å². The van der Waals surface area contributed by atoms with E-state index in [1.165, 1.54) is 11.3 Å². The van der Waals surface area contributed by atoms with E-state index in [0.29, 0.717) is 36.1 Å². The molecule has 2 heterocycles. The number of nitrogens with zero attached hydrogens (tertiary/aromatic N) is 2. The molecule has 0 spiro atoms. The molecule has 0 bridgehead atoms. The van der Waals surface area contributed by atoms with Crippen LogP contribution in [-0.4, -0.2) is 59.2 Å². The van der Waals surface area contributed by atoms with Gasteiger partial charge < -0.3 is 35.7 Å². The molecule has 12 nitrogen and oxygen atoms in total. The third kappa shape index (κ3) is 8.47. The standard InChI is InChI=1S/C20H23N5O3S.C2H2O4/c1-3-22-18(26)17-9-8-16(28-17)14-12-29-20(24-14)25-19(21)23-11-10-13-6-4-5-7-15(13)27-2;3-1(4)2(5)6/h4-9,12H,3,10-11H2,1-2H3,(H,22,26)(H3,21,23,24,25);(H,3,4)(H,5,6). The SMILES string of the molecule is CCNC(=O)c1ccc(-c2csc(NC(N)=NCCc3ccccc3OC)n2)o1.O=C(O)C(=O)O. The molecule has 0 saturated carbocycles. The second-order valence-corrected chi connectivity index (χ2v) is 7.48. The fraction of sp³-hybridized carbons (Fsp3) is 0.227. The number of nitrogens with two attached hydrogens (primary N) is 1. The molecule has 0 aliphatic rings. The maximum absolute atomic E-state index is 11.8. The zero-order chi connectivity index (χ0) is 25.8. The number of hydrogen-bond donors (Lipinski definition) is 5. The van der Waals surface area contributed by atoms with Crippen LogP contribution in [0.15, 0.2) is 51.2 Å². The Morgan fingerprint density at radius 1 is 1.17 bits per heavy atom. The van der Waals surface area contributed by atoms with Crippen LogP contribution in [0.4, 0.5) is 5.13 Å². The minimum Gasteiger partial charge on any atom is -0.496 e. The van der Waals surface area contributed by atoms with E-state index in [1.807, 2.05) is 36.6 Å². The first kappa shape index (κ1) is 26.9. The van der Waals surface area contributed by atoms with Crippen molar-refractivity contribution in [3.63, 3.8) is 0 Å². The summed E-state index contributed by atoms with van der Waals surface area (Å²) in [6.07, 6.45) is 0.713. The molecular weight excluding hydrogens is 478 g/mol. The number of carbonyl (C=O) groups is 3. The molecule has 3 rings (SSSR count). The van der Waals surface area contributed by atoms with E-state index in [1.54, 1.807) is 19.2 Å². The number of benzene rings is 1. The Hall–Kier alpha value is -4.39. The molecule has 1 amide bonds. The van der Waals surface area contributed by atoms with Gasteiger partial charge in [0.15, 0.2) is 22.6 Å². The number of furan rings is 1. The Labute approximate surface area is 204 Å². The molecule has 0 radical (unpaired) electrons. The highest BCUT2D eigenvalue weighted by atomic mass is 32.1. The summed E-state index contributed by atoms with van der Waals surface area (Å²) in [6.45, 7) is 2.91. The van der Waals surface area contributed by atoms with Crippen molar-refractivity contribution in [2.75, 3.05) is 25.5 Å². The van der Waals surface area contributed by atoms with E-state index in [0.717, 1.165) is 11.3 Å². The van der Waals surface area contributed by atoms with E-state index < -0.39 is 11.9 Å². The molecule has 3 aromatic rings. The number of para-hydroxylation sites is 1. The van der Waals surface area contributed by atoms with E-state index >= 15 is 0 Å². The minimum absolute atomic E-state index is 0.251. The number of rotatable bonds is 8. The van der Waals surface area contributed by atoms with E-state index in [-0.39, 0.29) is 17.6 Å². The predicted molar refractivity (Wildman–Crippen MR) is 130 cm³/mol. The van der Waals surface area contributed by atoms with Gasteiger partial charge in [0, 0.05) is 18.5 Å². The van der Waals surface area contributed by atoms with E-state index in [2.05, 4.69) is 20.6 Å². The number of hydrogen-bond acceptors (Lipinski definition) is 8. The number of aliphatic imine (C=N–C) groups is 1. The van der Waals surface area contributed by atoms with Crippen LogP contribution in [0.3, 0.4) is 0 Å². The van der Waals surface area contributed by atoms with Gasteiger partial charge in [-0.15, -0.1) is 11.3 Å². The highest BCUT2D eigenvalue weighted by Gasteiger charge is 2.14. The van der Waals surface area contributed by atoms with Crippen LogP contribution in [-0.2, 0) is 16.0 Å². The van der Waals surface area contributed by atoms with Crippen LogP contribution in [0.25, 0.3) is 11.5 Å². The Morgan fingerprint density at radius 3 is 2.54 bits per heavy atom. The smallest absolute Gasteiger partial charge is 0.414 e. The lowest BCUT2D eigenvalue weighted by molar-refractivity contribution is -0.159. The minimum atomic E-state index is -1.82. The zero-order valence-electron chi connectivity index (χ0n) is 19.0. The Morgan fingerprint density at radius 2 is 1.89 bits per heavy atom. The topological polar surface area (TPSA) is 189 Å². The third-order valence-corrected chi connectivity index (χ3v) is 4.96. The lowest BCUT2D eigenvalue weighted by Gasteiger charge is -2.06. The first-order chi connectivity index (χ1) is 16.7. The van der Waals surface area contributed by atoms with Crippen molar-refractivity contribution in [1.82, 2.24) is 10.3 Å². The van der Waals surface area contributed by atoms with Crippen molar-refractivity contribution in [3.8, 4) is 17.2 Å². The van der Waals surface area contributed by atoms with Crippen molar-refractivity contribution in [1.29, 1.82) is 0 Å². The van der Waals surface area contributed by atoms with Crippen molar-refractivity contribution in [2.45, 2.75) is 13.3 Å². The number of aromatic nitrogens is 1. The fourth-order valence-corrected chi connectivity index (χ4v) is 3.35. The molecule has 2 aromatic heterocycles. The van der Waals surface area contributed by atoms with Crippen LogP contribution < -0.4 is 21.1 Å². The summed E-state index contributed by atoms with van der Waals surface area (Å²) in [5.74, 6) is -2.01. The molecule has 0 unspecified atom stereocenters. The van der Waals surface area contributed by atoms with Gasteiger partial charge in [-0.25, -0.2) is 14.6 Å². The van der Waals surface area contributed by atoms with Gasteiger partial charge in [-0.1, -0.05) is 18.2 Å². The normalized spacial score (nSPS) is 10.6. The predicted octanol–water partition coefficient (Wildman–Crippen LogP) is 2.29. The van der Waals surface area contributed by atoms with Gasteiger partial charge in [-0.2, -0.15) is 0 Å². The van der Waals surface area contributed by atoms with Gasteiger partial charge in [0.25, 0.3) is 5.91 Å². The molecule has 0 aliphatic carbocycles. The second kappa shape index (κ2) is 13.3. The third-order valence-electron chi connectivity index (χ3n) is 4.20. The number of carboxylic acid groups (broad SMARTS) is 2. The number of amides is 1. The maximum Gasteiger partial charge on any atom is 0.414 e. The van der Waals surface area contributed by atoms with Gasteiger partial charge in [-0.3, -0.25) is 9.79 Å². The van der Waals surface area contributed by atoms with Gasteiger partial charge >= 0.3 is 11.9 Å². The Kier molecular flexibility index (Phi) is 10.2. The van der Waals surface area contributed by atoms with Gasteiger partial charge in [0.05, 0.1) is 7.11 Å². The number of methoxy groups -OCH3 is 1. The van der Waals surface area contributed by atoms with Crippen molar-refractivity contribution < 1.29 is 33.8 Å². The molecule has 0 atom stereocenters. The zero-order valence-corrected chi connectivity index (χ0v) is 19.8.